The van der Waals surface area contributed by atoms with Gasteiger partial charge in [-0.2, -0.15) is 4.68 Å². The maximum Gasteiger partial charge on any atom is 0.173 e. The summed E-state index contributed by atoms with van der Waals surface area (Å²) in [6, 6.07) is 14.3. The molecule has 6 rings (SSSR count). The van der Waals surface area contributed by atoms with Gasteiger partial charge < -0.3 is 0 Å². The molecule has 2 aliphatic heterocycles. The minimum atomic E-state index is -0.331. The van der Waals surface area contributed by atoms with Crippen molar-refractivity contribution >= 4 is 17.5 Å². The standard InChI is InChI=1S/C19H13FN8/c20-13-4-3-5-14(8-13)27-18(10-23-24-27)26-12-22-19-15-6-1-2-7-16(15)25-11-21-9-17(25)28(19)26/h1-11H,12H2. The molecule has 0 fully saturated rings. The number of hydrazine groups is 1. The molecule has 0 spiro atoms. The molecule has 4 heterocycles. The lowest BCUT2D eigenvalue weighted by molar-refractivity contribution is 0.624. The average Bonchev–Trinajstić information content (AvgIpc) is 3.45. The summed E-state index contributed by atoms with van der Waals surface area (Å²) in [5, 5.41) is 12.1. The largest absolute Gasteiger partial charge is 0.283 e. The lowest BCUT2D eigenvalue weighted by Crippen LogP contribution is -2.46. The average molecular weight is 372 g/mol. The van der Waals surface area contributed by atoms with E-state index in [4.69, 9.17) is 4.99 Å². The van der Waals surface area contributed by atoms with Gasteiger partial charge in [0.25, 0.3) is 0 Å². The van der Waals surface area contributed by atoms with Gasteiger partial charge in [0.1, 0.15) is 18.8 Å². The Balaban J connectivity index is 1.50. The minimum absolute atomic E-state index is 0.331. The molecule has 8 nitrogen and oxygen atoms in total. The number of imidazole rings is 1. The molecule has 2 aliphatic rings. The fourth-order valence-electron chi connectivity index (χ4n) is 3.69. The third-order valence-corrected chi connectivity index (χ3v) is 4.89. The van der Waals surface area contributed by atoms with Crippen LogP contribution in [-0.4, -0.2) is 37.0 Å². The van der Waals surface area contributed by atoms with Crippen molar-refractivity contribution in [3.8, 4) is 11.4 Å². The van der Waals surface area contributed by atoms with Gasteiger partial charge in [0.05, 0.1) is 23.8 Å². The van der Waals surface area contributed by atoms with Crippen molar-refractivity contribution in [2.45, 2.75) is 0 Å². The van der Waals surface area contributed by atoms with Crippen LogP contribution in [0.3, 0.4) is 0 Å². The van der Waals surface area contributed by atoms with Crippen molar-refractivity contribution in [1.29, 1.82) is 0 Å². The zero-order valence-corrected chi connectivity index (χ0v) is 14.5. The van der Waals surface area contributed by atoms with Crippen LogP contribution >= 0.6 is 0 Å². The van der Waals surface area contributed by atoms with E-state index < -0.39 is 0 Å². The number of nitrogens with zero attached hydrogens (tertiary/aromatic N) is 8. The number of anilines is 2. The van der Waals surface area contributed by atoms with Gasteiger partial charge in [0.2, 0.25) is 0 Å². The molecule has 9 heteroatoms. The van der Waals surface area contributed by atoms with E-state index in [0.29, 0.717) is 18.2 Å². The number of rotatable bonds is 2. The SMILES string of the molecule is Fc1cccc(-n2nncc2N2CN=C3c4ccccc4-n4cncc4N32)c1. The van der Waals surface area contributed by atoms with Gasteiger partial charge in [-0.3, -0.25) is 4.57 Å². The first-order valence-electron chi connectivity index (χ1n) is 8.72. The topological polar surface area (TPSA) is 67.4 Å². The number of hydrogen-bond acceptors (Lipinski definition) is 6. The van der Waals surface area contributed by atoms with Crippen LogP contribution in [0.2, 0.25) is 0 Å². The zero-order valence-electron chi connectivity index (χ0n) is 14.5. The molecule has 0 amide bonds. The van der Waals surface area contributed by atoms with Crippen molar-refractivity contribution in [3.05, 3.63) is 78.6 Å². The summed E-state index contributed by atoms with van der Waals surface area (Å²) in [6.07, 6.45) is 5.22. The van der Waals surface area contributed by atoms with Crippen molar-refractivity contribution in [3.63, 3.8) is 0 Å². The lowest BCUT2D eigenvalue weighted by atomic mass is 10.1. The van der Waals surface area contributed by atoms with E-state index in [0.717, 1.165) is 22.9 Å². The third kappa shape index (κ3) is 1.98. The van der Waals surface area contributed by atoms with E-state index in [1.807, 2.05) is 38.9 Å². The number of para-hydroxylation sites is 1. The quantitative estimate of drug-likeness (QED) is 0.541. The van der Waals surface area contributed by atoms with E-state index >= 15 is 0 Å². The number of aromatic nitrogens is 5. The number of amidine groups is 1. The second kappa shape index (κ2) is 5.49. The van der Waals surface area contributed by atoms with Crippen LogP contribution in [0.4, 0.5) is 16.0 Å². The Hall–Kier alpha value is -4.01. The number of hydrogen-bond donors (Lipinski definition) is 0. The Morgan fingerprint density at radius 1 is 0.964 bits per heavy atom. The van der Waals surface area contributed by atoms with Crippen LogP contribution in [0.5, 0.6) is 0 Å². The number of aliphatic imine (C=N–C) groups is 1. The van der Waals surface area contributed by atoms with E-state index in [2.05, 4.69) is 15.3 Å². The van der Waals surface area contributed by atoms with Gasteiger partial charge in [-0.1, -0.05) is 23.4 Å². The minimum Gasteiger partial charge on any atom is -0.283 e. The van der Waals surface area contributed by atoms with Crippen molar-refractivity contribution in [1.82, 2.24) is 24.5 Å². The fraction of sp³-hybridized carbons (Fsp3) is 0.0526. The maximum atomic E-state index is 13.7. The van der Waals surface area contributed by atoms with Crippen molar-refractivity contribution in [2.24, 2.45) is 4.99 Å². The first-order chi connectivity index (χ1) is 13.8. The molecule has 2 aromatic heterocycles. The molecule has 4 aromatic rings. The van der Waals surface area contributed by atoms with Gasteiger partial charge in [-0.25, -0.2) is 24.4 Å². The Morgan fingerprint density at radius 3 is 2.82 bits per heavy atom. The Kier molecular flexibility index (Phi) is 2.96. The summed E-state index contributed by atoms with van der Waals surface area (Å²) in [5.41, 5.74) is 2.63. The Bertz CT molecular complexity index is 1240. The van der Waals surface area contributed by atoms with Crippen LogP contribution in [0.1, 0.15) is 5.56 Å². The maximum absolute atomic E-state index is 13.7. The molecule has 0 saturated carbocycles. The highest BCUT2D eigenvalue weighted by Crippen LogP contribution is 2.36. The normalized spacial score (nSPS) is 14.5. The van der Waals surface area contributed by atoms with Crippen LogP contribution in [-0.2, 0) is 0 Å². The molecular formula is C19H13FN8. The van der Waals surface area contributed by atoms with Gasteiger partial charge in [-0.15, -0.1) is 5.10 Å². The van der Waals surface area contributed by atoms with Crippen LogP contribution < -0.4 is 10.0 Å². The van der Waals surface area contributed by atoms with Gasteiger partial charge in [-0.05, 0) is 30.3 Å². The van der Waals surface area contributed by atoms with E-state index in [1.54, 1.807) is 35.5 Å². The molecular weight excluding hydrogens is 359 g/mol. The smallest absolute Gasteiger partial charge is 0.173 e. The number of halogens is 1. The van der Waals surface area contributed by atoms with Crippen molar-refractivity contribution in [2.75, 3.05) is 16.7 Å². The van der Waals surface area contributed by atoms with Crippen LogP contribution in [0, 0.1) is 5.82 Å². The highest BCUT2D eigenvalue weighted by Gasteiger charge is 2.37. The second-order valence-electron chi connectivity index (χ2n) is 6.46. The highest BCUT2D eigenvalue weighted by atomic mass is 19.1. The summed E-state index contributed by atoms with van der Waals surface area (Å²) in [6.45, 7) is 0.386. The Labute approximate surface area is 158 Å². The molecule has 2 aromatic carbocycles. The molecule has 0 unspecified atom stereocenters. The summed E-state index contributed by atoms with van der Waals surface area (Å²) < 4.78 is 17.4. The number of fused-ring (bicyclic) bond motifs is 6. The molecule has 136 valence electrons. The monoisotopic (exact) mass is 372 g/mol. The molecule has 28 heavy (non-hydrogen) atoms. The van der Waals surface area contributed by atoms with Crippen molar-refractivity contribution < 1.29 is 4.39 Å². The first-order valence-corrected chi connectivity index (χ1v) is 8.72. The first kappa shape index (κ1) is 15.1. The summed E-state index contributed by atoms with van der Waals surface area (Å²) in [5.74, 6) is 2.04. The summed E-state index contributed by atoms with van der Waals surface area (Å²) >= 11 is 0. The third-order valence-electron chi connectivity index (χ3n) is 4.89. The van der Waals surface area contributed by atoms with E-state index in [9.17, 15) is 4.39 Å². The molecule has 0 saturated heterocycles. The highest BCUT2D eigenvalue weighted by molar-refractivity contribution is 6.16. The molecule has 0 aliphatic carbocycles. The Morgan fingerprint density at radius 2 is 1.89 bits per heavy atom. The zero-order chi connectivity index (χ0) is 18.7. The number of benzene rings is 2. The van der Waals surface area contributed by atoms with Crippen LogP contribution in [0.15, 0.2) is 72.2 Å². The summed E-state index contributed by atoms with van der Waals surface area (Å²) in [7, 11) is 0. The fourth-order valence-corrected chi connectivity index (χ4v) is 3.69. The van der Waals surface area contributed by atoms with Gasteiger partial charge in [0.15, 0.2) is 17.5 Å². The van der Waals surface area contributed by atoms with Gasteiger partial charge >= 0.3 is 0 Å². The van der Waals surface area contributed by atoms with Crippen LogP contribution in [0.25, 0.3) is 11.4 Å². The predicted octanol–water partition coefficient (Wildman–Crippen LogP) is 2.55. The molecule has 0 bridgehead atoms. The van der Waals surface area contributed by atoms with E-state index in [-0.39, 0.29) is 5.82 Å². The second-order valence-corrected chi connectivity index (χ2v) is 6.46. The molecule has 0 radical (unpaired) electrons. The van der Waals surface area contributed by atoms with Gasteiger partial charge in [0, 0.05) is 5.56 Å². The summed E-state index contributed by atoms with van der Waals surface area (Å²) in [4.78, 5) is 9.07. The van der Waals surface area contributed by atoms with E-state index in [1.165, 1.54) is 12.1 Å². The predicted molar refractivity (Wildman–Crippen MR) is 101 cm³/mol. The molecule has 0 N–H and O–H groups in total. The lowest BCUT2D eigenvalue weighted by Gasteiger charge is -2.34. The molecule has 0 atom stereocenters.